The molecule has 1 aromatic rings. The molecule has 2 N–H and O–H groups in total. The molecule has 1 fully saturated rings. The highest BCUT2D eigenvalue weighted by atomic mass is 19.1. The van der Waals surface area contributed by atoms with E-state index >= 15 is 0 Å². The number of likely N-dealkylation sites (N-methyl/N-ethyl adjacent to an activating group) is 1. The molecular formula is C13H18FN3O. The van der Waals surface area contributed by atoms with E-state index in [9.17, 15) is 9.18 Å². The second-order valence-corrected chi connectivity index (χ2v) is 4.55. The number of anilines is 1. The highest BCUT2D eigenvalue weighted by Gasteiger charge is 2.33. The third kappa shape index (κ3) is 2.46. The van der Waals surface area contributed by atoms with Crippen molar-refractivity contribution in [1.29, 1.82) is 0 Å². The molecule has 0 spiro atoms. The summed E-state index contributed by atoms with van der Waals surface area (Å²) in [6.45, 7) is 3.22. The highest BCUT2D eigenvalue weighted by molar-refractivity contribution is 5.87. The van der Waals surface area contributed by atoms with Crippen LogP contribution in [0.5, 0.6) is 0 Å². The van der Waals surface area contributed by atoms with Crippen LogP contribution < -0.4 is 15.5 Å². The molecule has 2 rings (SSSR count). The Morgan fingerprint density at radius 1 is 1.44 bits per heavy atom. The van der Waals surface area contributed by atoms with Gasteiger partial charge in [-0.3, -0.25) is 4.79 Å². The van der Waals surface area contributed by atoms with Crippen LogP contribution in [0.15, 0.2) is 24.3 Å². The number of piperazine rings is 1. The number of hydrogen-bond donors (Lipinski definition) is 2. The lowest BCUT2D eigenvalue weighted by atomic mass is 10.1. The van der Waals surface area contributed by atoms with Crippen LogP contribution in [0.25, 0.3) is 0 Å². The second kappa shape index (κ2) is 5.35. The van der Waals surface area contributed by atoms with Gasteiger partial charge >= 0.3 is 0 Å². The second-order valence-electron chi connectivity index (χ2n) is 4.55. The monoisotopic (exact) mass is 251 g/mol. The lowest BCUT2D eigenvalue weighted by Crippen LogP contribution is -2.62. The molecule has 2 atom stereocenters. The van der Waals surface area contributed by atoms with Gasteiger partial charge in [0.1, 0.15) is 11.9 Å². The molecule has 1 amide bonds. The van der Waals surface area contributed by atoms with Crippen molar-refractivity contribution >= 4 is 11.6 Å². The van der Waals surface area contributed by atoms with Gasteiger partial charge in [0, 0.05) is 24.8 Å². The maximum absolute atomic E-state index is 13.0. The largest absolute Gasteiger partial charge is 0.354 e. The molecule has 2 unspecified atom stereocenters. The number of rotatable bonds is 3. The van der Waals surface area contributed by atoms with Crippen molar-refractivity contribution in [2.24, 2.45) is 0 Å². The number of nitrogens with zero attached hydrogens (tertiary/aromatic N) is 1. The Labute approximate surface area is 106 Å². The summed E-state index contributed by atoms with van der Waals surface area (Å²) < 4.78 is 13.0. The Morgan fingerprint density at radius 3 is 2.72 bits per heavy atom. The average molecular weight is 251 g/mol. The van der Waals surface area contributed by atoms with Gasteiger partial charge in [0.25, 0.3) is 0 Å². The molecule has 1 aromatic carbocycles. The third-order valence-electron chi connectivity index (χ3n) is 3.21. The van der Waals surface area contributed by atoms with Crippen molar-refractivity contribution in [3.63, 3.8) is 0 Å². The van der Waals surface area contributed by atoms with Gasteiger partial charge in [-0.25, -0.2) is 4.39 Å². The third-order valence-corrected chi connectivity index (χ3v) is 3.21. The van der Waals surface area contributed by atoms with E-state index in [1.165, 1.54) is 12.1 Å². The zero-order valence-corrected chi connectivity index (χ0v) is 10.6. The van der Waals surface area contributed by atoms with Crippen molar-refractivity contribution in [3.8, 4) is 0 Å². The molecule has 0 aromatic heterocycles. The summed E-state index contributed by atoms with van der Waals surface area (Å²) in [5.74, 6) is -0.259. The van der Waals surface area contributed by atoms with Crippen LogP contribution >= 0.6 is 0 Å². The van der Waals surface area contributed by atoms with Crippen LogP contribution in [0.4, 0.5) is 10.1 Å². The minimum Gasteiger partial charge on any atom is -0.354 e. The molecule has 1 heterocycles. The van der Waals surface area contributed by atoms with Crippen LogP contribution in [0.1, 0.15) is 6.92 Å². The first-order chi connectivity index (χ1) is 8.63. The van der Waals surface area contributed by atoms with Gasteiger partial charge in [-0.15, -0.1) is 0 Å². The summed E-state index contributed by atoms with van der Waals surface area (Å²) in [6, 6.07) is 6.20. The molecule has 18 heavy (non-hydrogen) atoms. The van der Waals surface area contributed by atoms with Crippen LogP contribution in [0.2, 0.25) is 0 Å². The van der Waals surface area contributed by atoms with E-state index in [2.05, 4.69) is 10.6 Å². The normalized spacial score (nSPS) is 23.9. The fraction of sp³-hybridized carbons (Fsp3) is 0.462. The average Bonchev–Trinajstić information content (AvgIpc) is 2.36. The van der Waals surface area contributed by atoms with Crippen LogP contribution in [-0.4, -0.2) is 38.1 Å². The summed E-state index contributed by atoms with van der Waals surface area (Å²) in [5, 5.41) is 5.91. The summed E-state index contributed by atoms with van der Waals surface area (Å²) in [5.41, 5.74) is 0.874. The lowest BCUT2D eigenvalue weighted by molar-refractivity contribution is -0.123. The van der Waals surface area contributed by atoms with E-state index in [1.54, 1.807) is 12.1 Å². The lowest BCUT2D eigenvalue weighted by Gasteiger charge is -2.41. The highest BCUT2D eigenvalue weighted by Crippen LogP contribution is 2.22. The molecule has 1 aliphatic heterocycles. The molecular weight excluding hydrogens is 233 g/mol. The predicted octanol–water partition coefficient (Wildman–Crippen LogP) is 0.738. The van der Waals surface area contributed by atoms with Gasteiger partial charge in [-0.1, -0.05) is 0 Å². The first-order valence-corrected chi connectivity index (χ1v) is 6.09. The Bertz CT molecular complexity index is 421. The van der Waals surface area contributed by atoms with E-state index in [0.717, 1.165) is 5.69 Å². The number of halogens is 1. The van der Waals surface area contributed by atoms with Crippen molar-refractivity contribution < 1.29 is 9.18 Å². The number of carbonyl (C=O) groups is 1. The van der Waals surface area contributed by atoms with Crippen LogP contribution in [-0.2, 0) is 4.79 Å². The first kappa shape index (κ1) is 12.8. The van der Waals surface area contributed by atoms with Gasteiger partial charge < -0.3 is 15.5 Å². The standard InChI is InChI=1S/C13H18FN3O/c1-9-7-16-13(18)12(8-15-2)17(9)11-5-3-10(14)4-6-11/h3-6,9,12,15H,7-8H2,1-2H3,(H,16,18). The molecule has 5 heteroatoms. The number of amides is 1. The Morgan fingerprint density at radius 2 is 2.11 bits per heavy atom. The van der Waals surface area contributed by atoms with Gasteiger partial charge in [0.15, 0.2) is 0 Å². The van der Waals surface area contributed by atoms with E-state index in [1.807, 2.05) is 18.9 Å². The fourth-order valence-electron chi connectivity index (χ4n) is 2.33. The van der Waals surface area contributed by atoms with Crippen molar-refractivity contribution in [2.45, 2.75) is 19.0 Å². The van der Waals surface area contributed by atoms with Crippen molar-refractivity contribution in [2.75, 3.05) is 25.0 Å². The smallest absolute Gasteiger partial charge is 0.244 e. The number of benzene rings is 1. The maximum atomic E-state index is 13.0. The summed E-state index contributed by atoms with van der Waals surface area (Å²) in [7, 11) is 1.81. The SMILES string of the molecule is CNCC1C(=O)NCC(C)N1c1ccc(F)cc1. The van der Waals surface area contributed by atoms with Gasteiger partial charge in [-0.05, 0) is 38.2 Å². The van der Waals surface area contributed by atoms with Gasteiger partial charge in [-0.2, -0.15) is 0 Å². The summed E-state index contributed by atoms with van der Waals surface area (Å²) in [6.07, 6.45) is 0. The molecule has 98 valence electrons. The van der Waals surface area contributed by atoms with E-state index in [0.29, 0.717) is 13.1 Å². The molecule has 0 radical (unpaired) electrons. The van der Waals surface area contributed by atoms with Gasteiger partial charge in [0.2, 0.25) is 5.91 Å². The van der Waals surface area contributed by atoms with E-state index < -0.39 is 0 Å². The minimum absolute atomic E-state index is 0.00627. The maximum Gasteiger partial charge on any atom is 0.244 e. The zero-order chi connectivity index (χ0) is 13.1. The molecule has 0 aliphatic carbocycles. The van der Waals surface area contributed by atoms with Crippen LogP contribution in [0.3, 0.4) is 0 Å². The summed E-state index contributed by atoms with van der Waals surface area (Å²) in [4.78, 5) is 14.0. The zero-order valence-electron chi connectivity index (χ0n) is 10.6. The molecule has 1 aliphatic rings. The first-order valence-electron chi connectivity index (χ1n) is 6.09. The molecule has 4 nitrogen and oxygen atoms in total. The Balaban J connectivity index is 2.30. The number of nitrogens with one attached hydrogen (secondary N) is 2. The topological polar surface area (TPSA) is 44.4 Å². The van der Waals surface area contributed by atoms with Crippen molar-refractivity contribution in [1.82, 2.24) is 10.6 Å². The van der Waals surface area contributed by atoms with Crippen molar-refractivity contribution in [3.05, 3.63) is 30.1 Å². The Kier molecular flexibility index (Phi) is 3.81. The van der Waals surface area contributed by atoms with Crippen LogP contribution in [0, 0.1) is 5.82 Å². The fourth-order valence-corrected chi connectivity index (χ4v) is 2.33. The van der Waals surface area contributed by atoms with E-state index in [4.69, 9.17) is 0 Å². The molecule has 1 saturated heterocycles. The number of carbonyl (C=O) groups excluding carboxylic acids is 1. The summed E-state index contributed by atoms with van der Waals surface area (Å²) >= 11 is 0. The Hall–Kier alpha value is -1.62. The molecule has 0 saturated carbocycles. The molecule has 0 bridgehead atoms. The predicted molar refractivity (Wildman–Crippen MR) is 69.1 cm³/mol. The quantitative estimate of drug-likeness (QED) is 0.833. The minimum atomic E-state index is -0.266. The number of hydrogen-bond acceptors (Lipinski definition) is 3. The van der Waals surface area contributed by atoms with E-state index in [-0.39, 0.29) is 23.8 Å². The van der Waals surface area contributed by atoms with Gasteiger partial charge in [0.05, 0.1) is 0 Å².